The molecule has 0 aliphatic heterocycles. The van der Waals surface area contributed by atoms with Crippen LogP contribution < -0.4 is 20.1 Å². The standard InChI is InChI=1S/C17H29ClN2O3/c1-3-10-23-17-12-15(18)14(11-16(17)22-4-2)13-20-7-5-6-19-8-9-21/h11-12,19-21H,3-10,13H2,1-2H3. The van der Waals surface area contributed by atoms with Crippen molar-refractivity contribution in [1.29, 1.82) is 0 Å². The number of rotatable bonds is 13. The smallest absolute Gasteiger partial charge is 0.162 e. The van der Waals surface area contributed by atoms with Gasteiger partial charge in [-0.2, -0.15) is 0 Å². The highest BCUT2D eigenvalue weighted by Gasteiger charge is 2.11. The number of ether oxygens (including phenoxy) is 2. The minimum absolute atomic E-state index is 0.176. The lowest BCUT2D eigenvalue weighted by atomic mass is 10.2. The zero-order valence-corrected chi connectivity index (χ0v) is 14.9. The lowest BCUT2D eigenvalue weighted by Gasteiger charge is -2.15. The van der Waals surface area contributed by atoms with Gasteiger partial charge in [-0.1, -0.05) is 18.5 Å². The zero-order chi connectivity index (χ0) is 16.9. The molecule has 3 N–H and O–H groups in total. The van der Waals surface area contributed by atoms with Crippen molar-refractivity contribution in [2.75, 3.05) is 39.5 Å². The number of nitrogens with one attached hydrogen (secondary N) is 2. The molecule has 0 unspecified atom stereocenters. The molecule has 0 saturated carbocycles. The van der Waals surface area contributed by atoms with E-state index in [-0.39, 0.29) is 6.61 Å². The van der Waals surface area contributed by atoms with Gasteiger partial charge in [-0.25, -0.2) is 0 Å². The second-order valence-corrected chi connectivity index (χ2v) is 5.58. The first-order chi connectivity index (χ1) is 11.2. The maximum atomic E-state index is 8.68. The van der Waals surface area contributed by atoms with Crippen molar-refractivity contribution in [2.24, 2.45) is 0 Å². The van der Waals surface area contributed by atoms with Crippen LogP contribution >= 0.6 is 11.6 Å². The molecule has 0 bridgehead atoms. The molecule has 0 amide bonds. The first-order valence-electron chi connectivity index (χ1n) is 8.33. The molecule has 23 heavy (non-hydrogen) atoms. The van der Waals surface area contributed by atoms with Crippen LogP contribution in [0.1, 0.15) is 32.3 Å². The van der Waals surface area contributed by atoms with Gasteiger partial charge in [0.1, 0.15) is 0 Å². The molecule has 1 aromatic rings. The van der Waals surface area contributed by atoms with E-state index in [9.17, 15) is 0 Å². The Morgan fingerprint density at radius 1 is 1.04 bits per heavy atom. The van der Waals surface area contributed by atoms with Crippen LogP contribution in [0, 0.1) is 0 Å². The minimum atomic E-state index is 0.176. The average molecular weight is 345 g/mol. The summed E-state index contributed by atoms with van der Waals surface area (Å²) < 4.78 is 11.4. The van der Waals surface area contributed by atoms with E-state index in [0.717, 1.165) is 37.2 Å². The lowest BCUT2D eigenvalue weighted by molar-refractivity contribution is 0.276. The molecule has 0 atom stereocenters. The Morgan fingerprint density at radius 2 is 1.78 bits per heavy atom. The molecule has 0 radical (unpaired) electrons. The summed E-state index contributed by atoms with van der Waals surface area (Å²) in [6, 6.07) is 3.79. The van der Waals surface area contributed by atoms with Gasteiger partial charge >= 0.3 is 0 Å². The van der Waals surface area contributed by atoms with Crippen molar-refractivity contribution in [3.8, 4) is 11.5 Å². The molecule has 0 saturated heterocycles. The van der Waals surface area contributed by atoms with Gasteiger partial charge in [0, 0.05) is 24.2 Å². The number of aliphatic hydroxyl groups is 1. The molecule has 0 aromatic heterocycles. The molecule has 0 fully saturated rings. The van der Waals surface area contributed by atoms with E-state index in [1.807, 2.05) is 19.1 Å². The molecule has 1 rings (SSSR count). The van der Waals surface area contributed by atoms with Crippen molar-refractivity contribution in [2.45, 2.75) is 33.2 Å². The summed E-state index contributed by atoms with van der Waals surface area (Å²) in [6.07, 6.45) is 1.93. The Bertz CT molecular complexity index is 444. The third-order valence-corrected chi connectivity index (χ3v) is 3.54. The first-order valence-corrected chi connectivity index (χ1v) is 8.71. The van der Waals surface area contributed by atoms with E-state index in [1.165, 1.54) is 0 Å². The van der Waals surface area contributed by atoms with Crippen LogP contribution in [0.4, 0.5) is 0 Å². The highest BCUT2D eigenvalue weighted by Crippen LogP contribution is 2.33. The van der Waals surface area contributed by atoms with E-state index in [2.05, 4.69) is 17.6 Å². The van der Waals surface area contributed by atoms with E-state index in [0.29, 0.717) is 37.1 Å². The number of benzene rings is 1. The van der Waals surface area contributed by atoms with Gasteiger partial charge in [-0.3, -0.25) is 0 Å². The summed E-state index contributed by atoms with van der Waals surface area (Å²) in [6.45, 7) is 8.53. The largest absolute Gasteiger partial charge is 0.490 e. The quantitative estimate of drug-likeness (QED) is 0.480. The fourth-order valence-electron chi connectivity index (χ4n) is 2.07. The zero-order valence-electron chi connectivity index (χ0n) is 14.2. The summed E-state index contributed by atoms with van der Waals surface area (Å²) in [7, 11) is 0. The van der Waals surface area contributed by atoms with Gasteiger partial charge in [0.25, 0.3) is 0 Å². The molecule has 5 nitrogen and oxygen atoms in total. The highest BCUT2D eigenvalue weighted by atomic mass is 35.5. The monoisotopic (exact) mass is 344 g/mol. The molecule has 1 aromatic carbocycles. The van der Waals surface area contributed by atoms with Crippen LogP contribution in [-0.2, 0) is 6.54 Å². The van der Waals surface area contributed by atoms with Crippen molar-refractivity contribution in [3.05, 3.63) is 22.7 Å². The third kappa shape index (κ3) is 7.88. The van der Waals surface area contributed by atoms with Crippen LogP contribution in [0.5, 0.6) is 11.5 Å². The Labute approximate surface area is 144 Å². The molecule has 6 heteroatoms. The van der Waals surface area contributed by atoms with Gasteiger partial charge in [0.05, 0.1) is 19.8 Å². The van der Waals surface area contributed by atoms with Crippen molar-refractivity contribution in [1.82, 2.24) is 10.6 Å². The number of hydrogen-bond acceptors (Lipinski definition) is 5. The summed E-state index contributed by atoms with van der Waals surface area (Å²) >= 11 is 6.35. The second kappa shape index (κ2) is 12.4. The second-order valence-electron chi connectivity index (χ2n) is 5.18. The summed E-state index contributed by atoms with van der Waals surface area (Å²) in [5, 5.41) is 15.9. The van der Waals surface area contributed by atoms with Crippen LogP contribution in [0.2, 0.25) is 5.02 Å². The van der Waals surface area contributed by atoms with E-state index in [1.54, 1.807) is 0 Å². The number of aliphatic hydroxyl groups excluding tert-OH is 1. The van der Waals surface area contributed by atoms with Gasteiger partial charge in [-0.15, -0.1) is 0 Å². The number of hydrogen-bond donors (Lipinski definition) is 3. The normalized spacial score (nSPS) is 10.8. The van der Waals surface area contributed by atoms with Crippen LogP contribution in [-0.4, -0.2) is 44.6 Å². The van der Waals surface area contributed by atoms with Crippen LogP contribution in [0.3, 0.4) is 0 Å². The average Bonchev–Trinajstić information content (AvgIpc) is 2.55. The number of halogens is 1. The predicted octanol–water partition coefficient (Wildman–Crippen LogP) is 2.59. The molecular weight excluding hydrogens is 316 g/mol. The maximum absolute atomic E-state index is 8.68. The Hall–Kier alpha value is -1.01. The van der Waals surface area contributed by atoms with Crippen molar-refractivity contribution in [3.63, 3.8) is 0 Å². The summed E-state index contributed by atoms with van der Waals surface area (Å²) in [5.41, 5.74) is 1.00. The highest BCUT2D eigenvalue weighted by molar-refractivity contribution is 6.31. The maximum Gasteiger partial charge on any atom is 0.162 e. The van der Waals surface area contributed by atoms with Crippen molar-refractivity contribution < 1.29 is 14.6 Å². The van der Waals surface area contributed by atoms with Gasteiger partial charge in [0.2, 0.25) is 0 Å². The topological polar surface area (TPSA) is 62.8 Å². The van der Waals surface area contributed by atoms with Gasteiger partial charge < -0.3 is 25.2 Å². The Kier molecular flexibility index (Phi) is 10.8. The van der Waals surface area contributed by atoms with E-state index < -0.39 is 0 Å². The molecular formula is C17H29ClN2O3. The van der Waals surface area contributed by atoms with Crippen LogP contribution in [0.15, 0.2) is 12.1 Å². The Morgan fingerprint density at radius 3 is 2.48 bits per heavy atom. The Balaban J connectivity index is 2.52. The molecule has 0 aliphatic rings. The fourth-order valence-corrected chi connectivity index (χ4v) is 2.29. The molecule has 0 aliphatic carbocycles. The molecule has 0 spiro atoms. The lowest BCUT2D eigenvalue weighted by Crippen LogP contribution is -2.24. The molecule has 132 valence electrons. The summed E-state index contributed by atoms with van der Waals surface area (Å²) in [5.74, 6) is 1.45. The summed E-state index contributed by atoms with van der Waals surface area (Å²) in [4.78, 5) is 0. The van der Waals surface area contributed by atoms with E-state index in [4.69, 9.17) is 26.2 Å². The minimum Gasteiger partial charge on any atom is -0.490 e. The van der Waals surface area contributed by atoms with Crippen LogP contribution in [0.25, 0.3) is 0 Å². The van der Waals surface area contributed by atoms with Gasteiger partial charge in [0.15, 0.2) is 11.5 Å². The van der Waals surface area contributed by atoms with Gasteiger partial charge in [-0.05, 0) is 44.5 Å². The first kappa shape index (κ1) is 20.0. The van der Waals surface area contributed by atoms with Crippen molar-refractivity contribution >= 4 is 11.6 Å². The third-order valence-electron chi connectivity index (χ3n) is 3.19. The molecule has 0 heterocycles. The fraction of sp³-hybridized carbons (Fsp3) is 0.647. The SMILES string of the molecule is CCCOc1cc(Cl)c(CNCCCNCCO)cc1OCC. The van der Waals surface area contributed by atoms with E-state index >= 15 is 0 Å². The predicted molar refractivity (Wildman–Crippen MR) is 94.7 cm³/mol.